The van der Waals surface area contributed by atoms with E-state index in [0.29, 0.717) is 13.0 Å². The zero-order valence-corrected chi connectivity index (χ0v) is 14.8. The molecule has 0 aliphatic carbocycles. The molecule has 0 fully saturated rings. The van der Waals surface area contributed by atoms with E-state index in [1.807, 2.05) is 67.5 Å². The number of nitrogens with zero attached hydrogens (tertiary/aromatic N) is 2. The van der Waals surface area contributed by atoms with Gasteiger partial charge < -0.3 is 10.2 Å². The Bertz CT molecular complexity index is 784. The number of hydrogen-bond donors (Lipinski definition) is 1. The zero-order chi connectivity index (χ0) is 18.0. The minimum absolute atomic E-state index is 0.111. The lowest BCUT2D eigenvalue weighted by molar-refractivity contribution is -0.125. The molecule has 1 heterocycles. The standard InChI is InChI=1S/C20H23N3O2/c1-14(24)23-18-7-5-4-6-16(18)12-19(23)20(25)21-13-15-8-10-17(11-9-15)22(2)3/h4-11,19H,12-13H2,1-3H3,(H,21,25). The first-order chi connectivity index (χ1) is 12.0. The molecule has 1 aliphatic heterocycles. The molecule has 5 nitrogen and oxygen atoms in total. The lowest BCUT2D eigenvalue weighted by atomic mass is 10.1. The van der Waals surface area contributed by atoms with Crippen LogP contribution in [0.1, 0.15) is 18.1 Å². The van der Waals surface area contributed by atoms with Gasteiger partial charge in [0.2, 0.25) is 11.8 Å². The maximum absolute atomic E-state index is 12.7. The van der Waals surface area contributed by atoms with E-state index in [0.717, 1.165) is 22.5 Å². The van der Waals surface area contributed by atoms with Crippen LogP contribution in [0.5, 0.6) is 0 Å². The Morgan fingerprint density at radius 3 is 2.44 bits per heavy atom. The van der Waals surface area contributed by atoms with Crippen LogP contribution in [0.3, 0.4) is 0 Å². The fourth-order valence-electron chi connectivity index (χ4n) is 3.20. The summed E-state index contributed by atoms with van der Waals surface area (Å²) in [5, 5.41) is 2.96. The minimum Gasteiger partial charge on any atom is -0.378 e. The van der Waals surface area contributed by atoms with Gasteiger partial charge in [-0.2, -0.15) is 0 Å². The average molecular weight is 337 g/mol. The predicted molar refractivity (Wildman–Crippen MR) is 99.7 cm³/mol. The maximum atomic E-state index is 12.7. The van der Waals surface area contributed by atoms with E-state index in [2.05, 4.69) is 5.32 Å². The van der Waals surface area contributed by atoms with E-state index in [-0.39, 0.29) is 11.8 Å². The highest BCUT2D eigenvalue weighted by Crippen LogP contribution is 2.32. The molecule has 0 bridgehead atoms. The van der Waals surface area contributed by atoms with Gasteiger partial charge in [-0.25, -0.2) is 0 Å². The number of hydrogen-bond acceptors (Lipinski definition) is 3. The first-order valence-electron chi connectivity index (χ1n) is 8.39. The average Bonchev–Trinajstić information content (AvgIpc) is 2.99. The molecule has 0 radical (unpaired) electrons. The predicted octanol–water partition coefficient (Wildman–Crippen LogP) is 2.35. The normalized spacial score (nSPS) is 15.6. The minimum atomic E-state index is -0.476. The molecule has 2 amide bonds. The molecule has 1 atom stereocenters. The van der Waals surface area contributed by atoms with Gasteiger partial charge in [-0.3, -0.25) is 14.5 Å². The van der Waals surface area contributed by atoms with Crippen LogP contribution in [0, 0.1) is 0 Å². The van der Waals surface area contributed by atoms with Gasteiger partial charge in [-0.1, -0.05) is 30.3 Å². The lowest BCUT2D eigenvalue weighted by Crippen LogP contribution is -2.47. The number of amides is 2. The van der Waals surface area contributed by atoms with Gasteiger partial charge in [0.15, 0.2) is 0 Å². The molecule has 5 heteroatoms. The second-order valence-corrected chi connectivity index (χ2v) is 6.52. The van der Waals surface area contributed by atoms with Crippen LogP contribution in [0.2, 0.25) is 0 Å². The highest BCUT2D eigenvalue weighted by atomic mass is 16.2. The SMILES string of the molecule is CC(=O)N1c2ccccc2CC1C(=O)NCc1ccc(N(C)C)cc1. The summed E-state index contributed by atoms with van der Waals surface area (Å²) in [5.41, 5.74) is 4.02. The monoisotopic (exact) mass is 337 g/mol. The van der Waals surface area contributed by atoms with Crippen molar-refractivity contribution in [3.05, 3.63) is 59.7 Å². The summed E-state index contributed by atoms with van der Waals surface area (Å²) < 4.78 is 0. The Morgan fingerprint density at radius 2 is 1.80 bits per heavy atom. The summed E-state index contributed by atoms with van der Waals surface area (Å²) in [7, 11) is 3.98. The van der Waals surface area contributed by atoms with Crippen molar-refractivity contribution in [2.24, 2.45) is 0 Å². The van der Waals surface area contributed by atoms with Crippen molar-refractivity contribution in [1.29, 1.82) is 0 Å². The third kappa shape index (κ3) is 3.50. The summed E-state index contributed by atoms with van der Waals surface area (Å²) in [6.45, 7) is 1.95. The zero-order valence-electron chi connectivity index (χ0n) is 14.8. The Labute approximate surface area is 148 Å². The lowest BCUT2D eigenvalue weighted by Gasteiger charge is -2.23. The van der Waals surface area contributed by atoms with Gasteiger partial charge in [0.05, 0.1) is 0 Å². The molecule has 2 aromatic rings. The number of para-hydroxylation sites is 1. The fraction of sp³-hybridized carbons (Fsp3) is 0.300. The molecule has 0 spiro atoms. The Balaban J connectivity index is 1.68. The molecule has 2 aromatic carbocycles. The van der Waals surface area contributed by atoms with E-state index in [9.17, 15) is 9.59 Å². The second-order valence-electron chi connectivity index (χ2n) is 6.52. The third-order valence-electron chi connectivity index (χ3n) is 4.54. The molecule has 1 unspecified atom stereocenters. The Morgan fingerprint density at radius 1 is 1.12 bits per heavy atom. The molecular formula is C20H23N3O2. The quantitative estimate of drug-likeness (QED) is 0.932. The molecule has 3 rings (SSSR count). The summed E-state index contributed by atoms with van der Waals surface area (Å²) in [4.78, 5) is 28.3. The van der Waals surface area contributed by atoms with Crippen molar-refractivity contribution in [1.82, 2.24) is 5.32 Å². The summed E-state index contributed by atoms with van der Waals surface area (Å²) >= 11 is 0. The van der Waals surface area contributed by atoms with E-state index in [1.165, 1.54) is 6.92 Å². The van der Waals surface area contributed by atoms with Crippen LogP contribution in [-0.4, -0.2) is 32.0 Å². The largest absolute Gasteiger partial charge is 0.378 e. The van der Waals surface area contributed by atoms with Crippen LogP contribution < -0.4 is 15.1 Å². The molecule has 1 N–H and O–H groups in total. The van der Waals surface area contributed by atoms with Crippen LogP contribution >= 0.6 is 0 Å². The van der Waals surface area contributed by atoms with E-state index in [1.54, 1.807) is 4.90 Å². The highest BCUT2D eigenvalue weighted by Gasteiger charge is 2.36. The van der Waals surface area contributed by atoms with E-state index < -0.39 is 6.04 Å². The highest BCUT2D eigenvalue weighted by molar-refractivity contribution is 6.02. The summed E-state index contributed by atoms with van der Waals surface area (Å²) in [6, 6.07) is 15.3. The van der Waals surface area contributed by atoms with Crippen LogP contribution in [0.15, 0.2) is 48.5 Å². The fourth-order valence-corrected chi connectivity index (χ4v) is 3.20. The van der Waals surface area contributed by atoms with Crippen LogP contribution in [0.25, 0.3) is 0 Å². The maximum Gasteiger partial charge on any atom is 0.243 e. The Hall–Kier alpha value is -2.82. The molecule has 0 aromatic heterocycles. The summed E-state index contributed by atoms with van der Waals surface area (Å²) in [6.07, 6.45) is 0.557. The molecule has 1 aliphatic rings. The van der Waals surface area contributed by atoms with Crippen molar-refractivity contribution in [3.63, 3.8) is 0 Å². The number of fused-ring (bicyclic) bond motifs is 1. The number of benzene rings is 2. The van der Waals surface area contributed by atoms with Gasteiger partial charge in [0.25, 0.3) is 0 Å². The van der Waals surface area contributed by atoms with Gasteiger partial charge in [0.1, 0.15) is 6.04 Å². The second kappa shape index (κ2) is 6.97. The topological polar surface area (TPSA) is 52.7 Å². The van der Waals surface area contributed by atoms with Crippen LogP contribution in [-0.2, 0) is 22.6 Å². The van der Waals surface area contributed by atoms with Crippen molar-refractivity contribution in [3.8, 4) is 0 Å². The van der Waals surface area contributed by atoms with Crippen molar-refractivity contribution in [2.75, 3.05) is 23.9 Å². The Kier molecular flexibility index (Phi) is 4.74. The number of rotatable bonds is 4. The van der Waals surface area contributed by atoms with Gasteiger partial charge in [-0.05, 0) is 29.3 Å². The number of nitrogens with one attached hydrogen (secondary N) is 1. The first kappa shape index (κ1) is 17.0. The summed E-state index contributed by atoms with van der Waals surface area (Å²) in [5.74, 6) is -0.233. The van der Waals surface area contributed by atoms with E-state index >= 15 is 0 Å². The van der Waals surface area contributed by atoms with Gasteiger partial charge >= 0.3 is 0 Å². The third-order valence-corrected chi connectivity index (χ3v) is 4.54. The van der Waals surface area contributed by atoms with Crippen molar-refractivity contribution < 1.29 is 9.59 Å². The molecule has 0 saturated heterocycles. The van der Waals surface area contributed by atoms with Crippen molar-refractivity contribution >= 4 is 23.2 Å². The molecule has 25 heavy (non-hydrogen) atoms. The van der Waals surface area contributed by atoms with E-state index in [4.69, 9.17) is 0 Å². The first-order valence-corrected chi connectivity index (χ1v) is 8.39. The molecule has 0 saturated carbocycles. The van der Waals surface area contributed by atoms with Crippen molar-refractivity contribution in [2.45, 2.75) is 25.9 Å². The molecule has 130 valence electrons. The van der Waals surface area contributed by atoms with Gasteiger partial charge in [0, 0.05) is 45.4 Å². The van der Waals surface area contributed by atoms with Gasteiger partial charge in [-0.15, -0.1) is 0 Å². The van der Waals surface area contributed by atoms with Crippen LogP contribution in [0.4, 0.5) is 11.4 Å². The number of carbonyl (C=O) groups excluding carboxylic acids is 2. The number of carbonyl (C=O) groups is 2. The molecular weight excluding hydrogens is 314 g/mol. The number of anilines is 2. The smallest absolute Gasteiger partial charge is 0.243 e.